The zero-order valence-corrected chi connectivity index (χ0v) is 12.3. The average molecular weight is 314 g/mol. The first-order valence-electron chi connectivity index (χ1n) is 6.09. The van der Waals surface area contributed by atoms with Gasteiger partial charge in [0.1, 0.15) is 5.84 Å². The van der Waals surface area contributed by atoms with Crippen LogP contribution in [0.2, 0.25) is 0 Å². The number of hydrogen-bond acceptors (Lipinski definition) is 5. The molecule has 102 valence electrons. The molecule has 0 bridgehead atoms. The highest BCUT2D eigenvalue weighted by atomic mass is 35.5. The van der Waals surface area contributed by atoms with Gasteiger partial charge in [0.2, 0.25) is 0 Å². The third kappa shape index (κ3) is 2.51. The van der Waals surface area contributed by atoms with Crippen LogP contribution in [0.15, 0.2) is 34.5 Å². The van der Waals surface area contributed by atoms with Gasteiger partial charge in [-0.1, -0.05) is 6.07 Å². The van der Waals surface area contributed by atoms with E-state index in [2.05, 4.69) is 21.0 Å². The van der Waals surface area contributed by atoms with E-state index in [0.29, 0.717) is 5.69 Å². The first-order valence-corrected chi connectivity index (χ1v) is 7.35. The Balaban J connectivity index is 1.82. The van der Waals surface area contributed by atoms with Gasteiger partial charge in [-0.25, -0.2) is 5.26 Å². The number of rotatable bonds is 3. The lowest BCUT2D eigenvalue weighted by Crippen LogP contribution is -2.25. The summed E-state index contributed by atoms with van der Waals surface area (Å²) in [6.45, 7) is -0.419. The van der Waals surface area contributed by atoms with E-state index in [1.54, 1.807) is 6.21 Å². The van der Waals surface area contributed by atoms with Gasteiger partial charge in [0.15, 0.2) is 0 Å². The number of nitriles is 1. The van der Waals surface area contributed by atoms with Gasteiger partial charge in [-0.3, -0.25) is 10.2 Å². The third-order valence-corrected chi connectivity index (χ3v) is 4.27. The Morgan fingerprint density at radius 1 is 1.43 bits per heavy atom. The number of fused-ring (bicyclic) bond motifs is 1. The zero-order valence-electron chi connectivity index (χ0n) is 10.7. The fourth-order valence-corrected chi connectivity index (χ4v) is 3.10. The maximum Gasteiger partial charge on any atom is 0.429 e. The molecule has 1 aromatic carbocycles. The highest BCUT2D eigenvalue weighted by molar-refractivity contribution is 7.13. The SMILES string of the molecule is N#CB1N=Cc2cc(NC(=N)c3sccc3NCl)ccc21. The standard InChI is InChI=1S/C13H9BClN5S/c15-20-11-3-4-21-12(11)13(17)19-9-1-2-10-8(5-9)6-18-14(10)7-16/h1-6,20H,(H2,17,19). The smallest absolute Gasteiger partial charge is 0.339 e. The molecule has 0 unspecified atom stereocenters. The monoisotopic (exact) mass is 313 g/mol. The lowest BCUT2D eigenvalue weighted by molar-refractivity contribution is 1.47. The van der Waals surface area contributed by atoms with Gasteiger partial charge in [0.25, 0.3) is 0 Å². The summed E-state index contributed by atoms with van der Waals surface area (Å²) in [4.78, 5) is 7.40. The average Bonchev–Trinajstić information content (AvgIpc) is 3.12. The van der Waals surface area contributed by atoms with Crippen LogP contribution in [0.5, 0.6) is 0 Å². The van der Waals surface area contributed by atoms with Crippen LogP contribution in [0.4, 0.5) is 11.4 Å². The van der Waals surface area contributed by atoms with E-state index in [4.69, 9.17) is 22.4 Å². The highest BCUT2D eigenvalue weighted by Crippen LogP contribution is 2.24. The van der Waals surface area contributed by atoms with Crippen molar-refractivity contribution in [3.63, 3.8) is 0 Å². The van der Waals surface area contributed by atoms with E-state index in [9.17, 15) is 0 Å². The van der Waals surface area contributed by atoms with Crippen LogP contribution in [0, 0.1) is 16.6 Å². The Hall–Kier alpha value is -2.30. The molecule has 8 heteroatoms. The highest BCUT2D eigenvalue weighted by Gasteiger charge is 2.23. The quantitative estimate of drug-likeness (QED) is 0.352. The molecule has 3 rings (SSSR count). The zero-order chi connectivity index (χ0) is 14.8. The lowest BCUT2D eigenvalue weighted by Gasteiger charge is -2.09. The Morgan fingerprint density at radius 2 is 2.29 bits per heavy atom. The van der Waals surface area contributed by atoms with Gasteiger partial charge in [-0.2, -0.15) is 0 Å². The largest absolute Gasteiger partial charge is 0.429 e. The van der Waals surface area contributed by atoms with E-state index in [1.807, 2.05) is 29.6 Å². The summed E-state index contributed by atoms with van der Waals surface area (Å²) >= 11 is 7.04. The normalized spacial score (nSPS) is 11.9. The molecule has 0 fully saturated rings. The number of anilines is 2. The van der Waals surface area contributed by atoms with E-state index < -0.39 is 6.85 Å². The topological polar surface area (TPSA) is 84.1 Å². The maximum absolute atomic E-state index is 8.98. The minimum Gasteiger partial charge on any atom is -0.339 e. The molecule has 2 heterocycles. The van der Waals surface area contributed by atoms with Crippen LogP contribution in [-0.4, -0.2) is 18.9 Å². The van der Waals surface area contributed by atoms with Crippen molar-refractivity contribution in [2.45, 2.75) is 0 Å². The molecule has 21 heavy (non-hydrogen) atoms. The first kappa shape index (κ1) is 13.7. The molecule has 1 aromatic heterocycles. The summed E-state index contributed by atoms with van der Waals surface area (Å²) in [7, 11) is 0. The fraction of sp³-hybridized carbons (Fsp3) is 0. The van der Waals surface area contributed by atoms with Crippen LogP contribution in [-0.2, 0) is 0 Å². The molecule has 0 saturated heterocycles. The molecule has 0 saturated carbocycles. The number of nitrogens with zero attached hydrogens (tertiary/aromatic N) is 2. The summed E-state index contributed by atoms with van der Waals surface area (Å²) in [6.07, 6.45) is 1.69. The molecule has 0 radical (unpaired) electrons. The fourth-order valence-electron chi connectivity index (χ4n) is 2.13. The minimum atomic E-state index is -0.419. The molecular formula is C13H9BClN5S. The summed E-state index contributed by atoms with van der Waals surface area (Å²) < 4.78 is 0. The molecule has 0 aliphatic carbocycles. The number of hydrogen-bond donors (Lipinski definition) is 3. The number of halogens is 1. The van der Waals surface area contributed by atoms with Gasteiger partial charge < -0.3 is 10.2 Å². The summed E-state index contributed by atoms with van der Waals surface area (Å²) in [6, 6.07) is 7.40. The molecule has 3 N–H and O–H groups in total. The first-order chi connectivity index (χ1) is 10.2. The minimum absolute atomic E-state index is 0.264. The number of benzene rings is 1. The van der Waals surface area contributed by atoms with Crippen LogP contribution in [0.1, 0.15) is 10.4 Å². The Bertz CT molecular complexity index is 779. The molecule has 0 amide bonds. The molecule has 2 aromatic rings. The van der Waals surface area contributed by atoms with Crippen molar-refractivity contribution < 1.29 is 0 Å². The van der Waals surface area contributed by atoms with Crippen molar-refractivity contribution in [2.75, 3.05) is 10.2 Å². The third-order valence-electron chi connectivity index (χ3n) is 3.13. The van der Waals surface area contributed by atoms with Crippen molar-refractivity contribution in [3.8, 4) is 5.97 Å². The number of nitrogens with one attached hydrogen (secondary N) is 3. The predicted molar refractivity (Wildman–Crippen MR) is 89.3 cm³/mol. The predicted octanol–water partition coefficient (Wildman–Crippen LogP) is 2.45. The molecular weight excluding hydrogens is 305 g/mol. The Kier molecular flexibility index (Phi) is 3.65. The van der Waals surface area contributed by atoms with Crippen molar-refractivity contribution in [2.24, 2.45) is 4.90 Å². The summed E-state index contributed by atoms with van der Waals surface area (Å²) in [5, 5.41) is 22.0. The number of thiophene rings is 1. The van der Waals surface area contributed by atoms with Crippen molar-refractivity contribution in [1.82, 2.24) is 0 Å². The molecule has 0 spiro atoms. The van der Waals surface area contributed by atoms with Crippen LogP contribution >= 0.6 is 23.1 Å². The second-order valence-corrected chi connectivity index (χ2v) is 5.52. The Labute approximate surface area is 131 Å². The Morgan fingerprint density at radius 3 is 3.05 bits per heavy atom. The van der Waals surface area contributed by atoms with Crippen LogP contribution < -0.4 is 15.6 Å². The van der Waals surface area contributed by atoms with Gasteiger partial charge in [-0.15, -0.1) is 11.3 Å². The van der Waals surface area contributed by atoms with Gasteiger partial charge in [0.05, 0.1) is 10.6 Å². The van der Waals surface area contributed by atoms with E-state index in [0.717, 1.165) is 21.6 Å². The molecule has 5 nitrogen and oxygen atoms in total. The van der Waals surface area contributed by atoms with Crippen molar-refractivity contribution in [1.29, 1.82) is 10.7 Å². The van der Waals surface area contributed by atoms with Crippen molar-refractivity contribution in [3.05, 3.63) is 40.1 Å². The van der Waals surface area contributed by atoms with Gasteiger partial charge >= 0.3 is 6.85 Å². The van der Waals surface area contributed by atoms with E-state index in [-0.39, 0.29) is 5.84 Å². The molecule has 0 atom stereocenters. The second kappa shape index (κ2) is 5.60. The second-order valence-electron chi connectivity index (χ2n) is 4.41. The van der Waals surface area contributed by atoms with Crippen LogP contribution in [0.3, 0.4) is 0 Å². The lowest BCUT2D eigenvalue weighted by atomic mass is 9.59. The van der Waals surface area contributed by atoms with Gasteiger partial charge in [-0.05, 0) is 34.6 Å². The molecule has 1 aliphatic rings. The molecule has 1 aliphatic heterocycles. The van der Waals surface area contributed by atoms with Gasteiger partial charge in [0, 0.05) is 29.6 Å². The van der Waals surface area contributed by atoms with Crippen LogP contribution in [0.25, 0.3) is 0 Å². The summed E-state index contributed by atoms with van der Waals surface area (Å²) in [5.41, 5.74) is 3.28. The number of amidine groups is 1. The summed E-state index contributed by atoms with van der Waals surface area (Å²) in [5.74, 6) is 2.40. The van der Waals surface area contributed by atoms with E-state index >= 15 is 0 Å². The van der Waals surface area contributed by atoms with Crippen molar-refractivity contribution >= 4 is 58.8 Å². The van der Waals surface area contributed by atoms with E-state index in [1.165, 1.54) is 11.3 Å². The maximum atomic E-state index is 8.98.